The summed E-state index contributed by atoms with van der Waals surface area (Å²) < 4.78 is 10.5. The third-order valence-corrected chi connectivity index (χ3v) is 6.52. The first kappa shape index (κ1) is 34.0. The molecule has 2 aromatic rings. The molecule has 0 aliphatic carbocycles. The van der Waals surface area contributed by atoms with Crippen LogP contribution in [-0.4, -0.2) is 99.3 Å². The van der Waals surface area contributed by atoms with E-state index in [0.29, 0.717) is 12.0 Å². The molecular formula is C32H41N5O7. The van der Waals surface area contributed by atoms with E-state index in [1.807, 2.05) is 18.2 Å². The molecule has 1 aromatic carbocycles. The first-order chi connectivity index (χ1) is 20.9. The highest BCUT2D eigenvalue weighted by atomic mass is 16.6. The molecule has 2 heterocycles. The second-order valence-corrected chi connectivity index (χ2v) is 11.2. The Morgan fingerprint density at radius 3 is 2.30 bits per heavy atom. The second-order valence-electron chi connectivity index (χ2n) is 11.2. The van der Waals surface area contributed by atoms with E-state index in [4.69, 9.17) is 9.47 Å². The predicted molar refractivity (Wildman–Crippen MR) is 162 cm³/mol. The summed E-state index contributed by atoms with van der Waals surface area (Å²) in [4.78, 5) is 63.9. The van der Waals surface area contributed by atoms with Gasteiger partial charge in [-0.1, -0.05) is 43.2 Å². The minimum absolute atomic E-state index is 0.0104. The van der Waals surface area contributed by atoms with Crippen LogP contribution in [0.4, 0.5) is 4.79 Å². The SMILES string of the molecule is CCOC(=O)N1CCN(C(=O)C(CCC(=O)OC(C)(C)C)NC(=O)c2cc(C#CC(O)CC)nc(-c3ccccc3)n2)CC1. The fraction of sp³-hybridized carbons (Fsp3) is 0.500. The van der Waals surface area contributed by atoms with Crippen molar-refractivity contribution < 1.29 is 33.8 Å². The summed E-state index contributed by atoms with van der Waals surface area (Å²) in [7, 11) is 0. The Morgan fingerprint density at radius 2 is 1.68 bits per heavy atom. The number of carbonyl (C=O) groups is 4. The Bertz CT molecular complexity index is 1370. The van der Waals surface area contributed by atoms with Crippen LogP contribution in [0.5, 0.6) is 0 Å². The Kier molecular flexibility index (Phi) is 12.2. The third-order valence-electron chi connectivity index (χ3n) is 6.52. The second kappa shape index (κ2) is 15.8. The van der Waals surface area contributed by atoms with Crippen LogP contribution in [-0.2, 0) is 19.1 Å². The van der Waals surface area contributed by atoms with Crippen LogP contribution in [0.15, 0.2) is 36.4 Å². The molecule has 12 heteroatoms. The molecule has 1 aliphatic heterocycles. The van der Waals surface area contributed by atoms with E-state index in [1.54, 1.807) is 51.7 Å². The Balaban J connectivity index is 1.86. The molecular weight excluding hydrogens is 566 g/mol. The number of nitrogens with one attached hydrogen (secondary N) is 1. The molecule has 3 rings (SSSR count). The van der Waals surface area contributed by atoms with Crippen LogP contribution >= 0.6 is 0 Å². The lowest BCUT2D eigenvalue weighted by molar-refractivity contribution is -0.155. The van der Waals surface area contributed by atoms with Gasteiger partial charge < -0.3 is 29.7 Å². The number of benzene rings is 1. The maximum Gasteiger partial charge on any atom is 0.409 e. The average Bonchev–Trinajstić information content (AvgIpc) is 3.01. The number of piperazine rings is 1. The highest BCUT2D eigenvalue weighted by Crippen LogP contribution is 2.17. The summed E-state index contributed by atoms with van der Waals surface area (Å²) >= 11 is 0. The van der Waals surface area contributed by atoms with Gasteiger partial charge in [0, 0.05) is 44.2 Å². The molecule has 3 amide bonds. The Morgan fingerprint density at radius 1 is 1.02 bits per heavy atom. The smallest absolute Gasteiger partial charge is 0.409 e. The summed E-state index contributed by atoms with van der Waals surface area (Å²) in [5.41, 5.74) is 0.138. The molecule has 2 N–H and O–H groups in total. The van der Waals surface area contributed by atoms with Gasteiger partial charge in [-0.2, -0.15) is 0 Å². The van der Waals surface area contributed by atoms with Gasteiger partial charge in [0.1, 0.15) is 29.1 Å². The Labute approximate surface area is 258 Å². The number of amides is 3. The van der Waals surface area contributed by atoms with E-state index in [1.165, 1.54) is 11.0 Å². The molecule has 1 fully saturated rings. The monoisotopic (exact) mass is 607 g/mol. The lowest BCUT2D eigenvalue weighted by Gasteiger charge is -2.36. The topological polar surface area (TPSA) is 151 Å². The number of rotatable bonds is 9. The molecule has 1 aromatic heterocycles. The van der Waals surface area contributed by atoms with Crippen molar-refractivity contribution in [3.8, 4) is 23.2 Å². The van der Waals surface area contributed by atoms with Gasteiger partial charge in [-0.15, -0.1) is 0 Å². The molecule has 44 heavy (non-hydrogen) atoms. The van der Waals surface area contributed by atoms with Crippen molar-refractivity contribution in [2.75, 3.05) is 32.8 Å². The molecule has 0 radical (unpaired) electrons. The minimum atomic E-state index is -1.07. The fourth-order valence-corrected chi connectivity index (χ4v) is 4.29. The van der Waals surface area contributed by atoms with Gasteiger partial charge in [0.25, 0.3) is 5.91 Å². The van der Waals surface area contributed by atoms with Crippen molar-refractivity contribution in [1.82, 2.24) is 25.1 Å². The number of hydrogen-bond acceptors (Lipinski definition) is 9. The molecule has 236 valence electrons. The standard InChI is InChI=1S/C32H41N5O7/c1-6-24(38)14-13-23-21-26(34-28(33-23)22-11-9-8-10-12-22)29(40)35-25(15-16-27(39)44-32(3,4)5)30(41)36-17-19-37(20-18-36)31(42)43-7-2/h8-12,21,24-25,38H,6-7,15-20H2,1-5H3,(H,35,40). The molecule has 2 unspecified atom stereocenters. The summed E-state index contributed by atoms with van der Waals surface area (Å²) in [5, 5.41) is 12.7. The summed E-state index contributed by atoms with van der Waals surface area (Å²) in [5.74, 6) is 4.20. The van der Waals surface area contributed by atoms with E-state index in [9.17, 15) is 24.3 Å². The van der Waals surface area contributed by atoms with Gasteiger partial charge in [-0.25, -0.2) is 14.8 Å². The molecule has 1 aliphatic rings. The fourth-order valence-electron chi connectivity index (χ4n) is 4.29. The van der Waals surface area contributed by atoms with Crippen molar-refractivity contribution in [3.63, 3.8) is 0 Å². The van der Waals surface area contributed by atoms with Gasteiger partial charge in [0.2, 0.25) is 5.91 Å². The number of aliphatic hydroxyl groups is 1. The predicted octanol–water partition coefficient (Wildman–Crippen LogP) is 2.79. The lowest BCUT2D eigenvalue weighted by atomic mass is 10.1. The van der Waals surface area contributed by atoms with E-state index < -0.39 is 41.6 Å². The normalized spacial score (nSPS) is 14.5. The molecule has 1 saturated heterocycles. The van der Waals surface area contributed by atoms with E-state index in [2.05, 4.69) is 27.1 Å². The number of esters is 1. The quantitative estimate of drug-likeness (QED) is 0.324. The molecule has 0 bridgehead atoms. The minimum Gasteiger partial charge on any atom is -0.460 e. The highest BCUT2D eigenvalue weighted by molar-refractivity contribution is 5.96. The first-order valence-electron chi connectivity index (χ1n) is 14.8. The highest BCUT2D eigenvalue weighted by Gasteiger charge is 2.32. The van der Waals surface area contributed by atoms with Crippen molar-refractivity contribution in [2.45, 2.75) is 71.6 Å². The van der Waals surface area contributed by atoms with Gasteiger partial charge in [0.15, 0.2) is 5.82 Å². The summed E-state index contributed by atoms with van der Waals surface area (Å²) in [6, 6.07) is 9.36. The van der Waals surface area contributed by atoms with Crippen LogP contribution in [0.25, 0.3) is 11.4 Å². The number of hydrogen-bond donors (Lipinski definition) is 2. The number of ether oxygens (including phenoxy) is 2. The zero-order valence-electron chi connectivity index (χ0n) is 26.0. The number of aromatic nitrogens is 2. The summed E-state index contributed by atoms with van der Waals surface area (Å²) in [6.07, 6.45) is -1.00. The average molecular weight is 608 g/mol. The van der Waals surface area contributed by atoms with Crippen molar-refractivity contribution in [2.24, 2.45) is 0 Å². The van der Waals surface area contributed by atoms with Crippen LogP contribution < -0.4 is 5.32 Å². The maximum absolute atomic E-state index is 13.7. The van der Waals surface area contributed by atoms with Crippen molar-refractivity contribution in [3.05, 3.63) is 47.8 Å². The van der Waals surface area contributed by atoms with Gasteiger partial charge in [0.05, 0.1) is 6.61 Å². The van der Waals surface area contributed by atoms with E-state index in [0.717, 1.165) is 0 Å². The Hall–Kier alpha value is -4.50. The molecule has 0 spiro atoms. The van der Waals surface area contributed by atoms with Crippen LogP contribution in [0, 0.1) is 11.8 Å². The lowest BCUT2D eigenvalue weighted by Crippen LogP contribution is -2.56. The first-order valence-corrected chi connectivity index (χ1v) is 14.8. The zero-order chi connectivity index (χ0) is 32.3. The van der Waals surface area contributed by atoms with Crippen LogP contribution in [0.1, 0.15) is 70.1 Å². The number of carbonyl (C=O) groups excluding carboxylic acids is 4. The van der Waals surface area contributed by atoms with E-state index >= 15 is 0 Å². The van der Waals surface area contributed by atoms with Gasteiger partial charge in [-0.05, 0) is 46.5 Å². The van der Waals surface area contributed by atoms with Crippen LogP contribution in [0.3, 0.4) is 0 Å². The maximum atomic E-state index is 13.7. The van der Waals surface area contributed by atoms with Crippen LogP contribution in [0.2, 0.25) is 0 Å². The van der Waals surface area contributed by atoms with E-state index in [-0.39, 0.29) is 62.8 Å². The number of aliphatic hydroxyl groups excluding tert-OH is 1. The zero-order valence-corrected chi connectivity index (χ0v) is 26.0. The van der Waals surface area contributed by atoms with Crippen molar-refractivity contribution >= 4 is 23.9 Å². The third kappa shape index (κ3) is 10.3. The summed E-state index contributed by atoms with van der Waals surface area (Å²) in [6.45, 7) is 10.0. The largest absolute Gasteiger partial charge is 0.460 e. The molecule has 2 atom stereocenters. The van der Waals surface area contributed by atoms with Crippen molar-refractivity contribution in [1.29, 1.82) is 0 Å². The molecule has 0 saturated carbocycles. The number of nitrogens with zero attached hydrogens (tertiary/aromatic N) is 4. The van der Waals surface area contributed by atoms with Gasteiger partial charge >= 0.3 is 12.1 Å². The van der Waals surface area contributed by atoms with Gasteiger partial charge in [-0.3, -0.25) is 14.4 Å². The molecule has 12 nitrogen and oxygen atoms in total.